The monoisotopic (exact) mass is 583 g/mol. The molecule has 2 aromatic rings. The van der Waals surface area contributed by atoms with Gasteiger partial charge in [-0.1, -0.05) is 27.2 Å². The topological polar surface area (TPSA) is 120 Å². The second-order valence-electron chi connectivity index (χ2n) is 11.8. The summed E-state index contributed by atoms with van der Waals surface area (Å²) in [6, 6.07) is 6.90. The third-order valence-corrected chi connectivity index (χ3v) is 8.47. The maximum atomic E-state index is 13.9. The number of carboxylic acid groups (broad SMARTS) is 1. The van der Waals surface area contributed by atoms with Gasteiger partial charge >= 0.3 is 5.97 Å². The summed E-state index contributed by atoms with van der Waals surface area (Å²) in [5.74, 6) is -0.718. The molecule has 0 radical (unpaired) electrons. The predicted molar refractivity (Wildman–Crippen MR) is 154 cm³/mol. The van der Waals surface area contributed by atoms with Gasteiger partial charge in [-0.25, -0.2) is 0 Å². The van der Waals surface area contributed by atoms with Crippen molar-refractivity contribution in [1.29, 1.82) is 0 Å². The van der Waals surface area contributed by atoms with Crippen LogP contribution in [0, 0.1) is 11.3 Å². The maximum Gasteiger partial charge on any atom is 0.308 e. The summed E-state index contributed by atoms with van der Waals surface area (Å²) in [6.07, 6.45) is 5.15. The van der Waals surface area contributed by atoms with Crippen molar-refractivity contribution in [3.63, 3.8) is 0 Å². The number of carbonyl (C=O) groups excluding carboxylic acids is 1. The van der Waals surface area contributed by atoms with Crippen molar-refractivity contribution in [1.82, 2.24) is 9.88 Å². The van der Waals surface area contributed by atoms with E-state index in [4.69, 9.17) is 23.7 Å². The van der Waals surface area contributed by atoms with Crippen LogP contribution < -0.4 is 19.1 Å². The number of aromatic nitrogens is 1. The first-order valence-corrected chi connectivity index (χ1v) is 14.6. The van der Waals surface area contributed by atoms with Crippen LogP contribution in [-0.4, -0.2) is 85.9 Å². The highest BCUT2D eigenvalue weighted by Crippen LogP contribution is 2.48. The summed E-state index contributed by atoms with van der Waals surface area (Å²) < 4.78 is 28.5. The summed E-state index contributed by atoms with van der Waals surface area (Å²) in [6.45, 7) is 8.20. The third-order valence-electron chi connectivity index (χ3n) is 8.47. The number of pyridine rings is 1. The molecule has 1 N–H and O–H groups in total. The average Bonchev–Trinajstić information content (AvgIpc) is 3.74. The Kier molecular flexibility index (Phi) is 9.19. The maximum absolute atomic E-state index is 13.9. The number of benzene rings is 1. The lowest BCUT2D eigenvalue weighted by Gasteiger charge is -2.37. The van der Waals surface area contributed by atoms with Crippen molar-refractivity contribution in [3.8, 4) is 17.2 Å². The van der Waals surface area contributed by atoms with Crippen LogP contribution in [0.2, 0.25) is 0 Å². The molecule has 0 spiro atoms. The Morgan fingerprint density at radius 3 is 2.67 bits per heavy atom. The zero-order valence-electron chi connectivity index (χ0n) is 24.8. The first kappa shape index (κ1) is 30.1. The summed E-state index contributed by atoms with van der Waals surface area (Å²) in [4.78, 5) is 35.0. The Balaban J connectivity index is 1.49. The molecular weight excluding hydrogens is 542 g/mol. The molecule has 11 heteroatoms. The number of anilines is 1. The number of carbonyl (C=O) groups is 2. The van der Waals surface area contributed by atoms with Gasteiger partial charge in [-0.2, -0.15) is 0 Å². The number of carboxylic acids is 1. The molecule has 1 amide bonds. The van der Waals surface area contributed by atoms with Crippen molar-refractivity contribution in [3.05, 3.63) is 42.2 Å². The predicted octanol–water partition coefficient (Wildman–Crippen LogP) is 3.91. The molecule has 5 rings (SSSR count). The van der Waals surface area contributed by atoms with Gasteiger partial charge in [0.05, 0.1) is 44.7 Å². The molecule has 42 heavy (non-hydrogen) atoms. The first-order valence-electron chi connectivity index (χ1n) is 14.6. The Hall–Kier alpha value is -3.41. The van der Waals surface area contributed by atoms with Crippen LogP contribution in [0.25, 0.3) is 0 Å². The van der Waals surface area contributed by atoms with E-state index in [1.165, 1.54) is 0 Å². The van der Waals surface area contributed by atoms with Gasteiger partial charge in [-0.05, 0) is 42.7 Å². The third kappa shape index (κ3) is 6.18. The minimum Gasteiger partial charge on any atom is -0.493 e. The normalized spacial score (nSPS) is 22.4. The van der Waals surface area contributed by atoms with E-state index in [0.717, 1.165) is 24.1 Å². The summed E-state index contributed by atoms with van der Waals surface area (Å²) in [5.41, 5.74) is 0.999. The number of fused-ring (bicyclic) bond motifs is 1. The largest absolute Gasteiger partial charge is 0.493 e. The number of likely N-dealkylation sites (tertiary alicyclic amines) is 1. The highest BCUT2D eigenvalue weighted by molar-refractivity contribution is 5.94. The number of nitrogens with zero attached hydrogens (tertiary/aromatic N) is 3. The average molecular weight is 584 g/mol. The van der Waals surface area contributed by atoms with Gasteiger partial charge in [0.1, 0.15) is 0 Å². The SMILES string of the molecule is CCCCN(C(=O)CN1C[C@H](c2cc(OC)c3c(c2)OCO3)C(C(=O)O)[C@@H]1CC(C)(C)C1OCCO1)c1cccnc1. The Bertz CT molecular complexity index is 1250. The van der Waals surface area contributed by atoms with Crippen LogP contribution in [0.15, 0.2) is 36.7 Å². The number of amides is 1. The Morgan fingerprint density at radius 2 is 2.00 bits per heavy atom. The summed E-state index contributed by atoms with van der Waals surface area (Å²) in [5, 5.41) is 10.7. The van der Waals surface area contributed by atoms with Crippen molar-refractivity contribution >= 4 is 17.6 Å². The fraction of sp³-hybridized carbons (Fsp3) is 0.581. The summed E-state index contributed by atoms with van der Waals surface area (Å²) in [7, 11) is 1.55. The van der Waals surface area contributed by atoms with E-state index in [1.54, 1.807) is 24.4 Å². The van der Waals surface area contributed by atoms with E-state index in [-0.39, 0.29) is 19.2 Å². The van der Waals surface area contributed by atoms with Crippen LogP contribution in [0.5, 0.6) is 17.2 Å². The van der Waals surface area contributed by atoms with Crippen molar-refractivity contribution in [2.75, 3.05) is 51.7 Å². The molecule has 1 aromatic heterocycles. The molecule has 228 valence electrons. The van der Waals surface area contributed by atoms with E-state index >= 15 is 0 Å². The van der Waals surface area contributed by atoms with E-state index in [0.29, 0.717) is 50.0 Å². The number of ether oxygens (including phenoxy) is 5. The van der Waals surface area contributed by atoms with Crippen molar-refractivity contribution < 1.29 is 38.4 Å². The van der Waals surface area contributed by atoms with Gasteiger partial charge in [0.25, 0.3) is 0 Å². The van der Waals surface area contributed by atoms with Gasteiger partial charge in [0.15, 0.2) is 17.8 Å². The molecule has 0 aliphatic carbocycles. The van der Waals surface area contributed by atoms with Crippen LogP contribution in [0.3, 0.4) is 0 Å². The highest BCUT2D eigenvalue weighted by Gasteiger charge is 2.51. The lowest BCUT2D eigenvalue weighted by Crippen LogP contribution is -2.47. The molecule has 3 atom stereocenters. The van der Waals surface area contributed by atoms with Crippen molar-refractivity contribution in [2.45, 2.75) is 58.3 Å². The van der Waals surface area contributed by atoms with E-state index < -0.39 is 35.6 Å². The van der Waals surface area contributed by atoms with Gasteiger partial charge < -0.3 is 33.7 Å². The second-order valence-corrected chi connectivity index (χ2v) is 11.8. The van der Waals surface area contributed by atoms with E-state index in [2.05, 4.69) is 11.9 Å². The van der Waals surface area contributed by atoms with Gasteiger partial charge in [-0.15, -0.1) is 0 Å². The number of unbranched alkanes of at least 4 members (excludes halogenated alkanes) is 1. The van der Waals surface area contributed by atoms with Crippen LogP contribution >= 0.6 is 0 Å². The van der Waals surface area contributed by atoms with Gasteiger partial charge in [0.2, 0.25) is 18.4 Å². The van der Waals surface area contributed by atoms with Crippen molar-refractivity contribution in [2.24, 2.45) is 11.3 Å². The highest BCUT2D eigenvalue weighted by atomic mass is 16.7. The van der Waals surface area contributed by atoms with Gasteiger partial charge in [0, 0.05) is 36.7 Å². The molecule has 3 aliphatic heterocycles. The molecule has 11 nitrogen and oxygen atoms in total. The van der Waals surface area contributed by atoms with Gasteiger partial charge in [-0.3, -0.25) is 19.5 Å². The second kappa shape index (κ2) is 12.8. The molecule has 2 fully saturated rings. The Labute approximate surface area is 246 Å². The molecule has 1 aromatic carbocycles. The van der Waals surface area contributed by atoms with E-state index in [1.807, 2.05) is 43.0 Å². The zero-order valence-corrected chi connectivity index (χ0v) is 24.8. The number of methoxy groups -OCH3 is 1. The molecule has 0 bridgehead atoms. The fourth-order valence-electron chi connectivity index (χ4n) is 6.38. The zero-order chi connectivity index (χ0) is 29.9. The van der Waals surface area contributed by atoms with Crippen LogP contribution in [0.1, 0.15) is 51.5 Å². The number of rotatable bonds is 12. The minimum atomic E-state index is -0.921. The van der Waals surface area contributed by atoms with Crippen LogP contribution in [0.4, 0.5) is 5.69 Å². The molecular formula is C31H41N3O8. The standard InChI is InChI=1S/C31H41N3O8/c1-5-6-10-34(21-8-7-9-32-16-21)26(35)18-33-17-22(20-13-24(38-4)28-25(14-20)41-19-42-28)27(29(36)37)23(33)15-31(2,3)30-39-11-12-40-30/h7-9,13-14,16,22-23,27,30H,5-6,10-12,15,17-19H2,1-4H3,(H,36,37)/t22-,23+,27?/m1/s1. The summed E-state index contributed by atoms with van der Waals surface area (Å²) >= 11 is 0. The lowest BCUT2D eigenvalue weighted by atomic mass is 9.77. The quantitative estimate of drug-likeness (QED) is 0.394. The number of aliphatic carboxylic acids is 1. The first-order chi connectivity index (χ1) is 20.2. The molecule has 3 aliphatic rings. The number of hydrogen-bond acceptors (Lipinski definition) is 9. The fourth-order valence-corrected chi connectivity index (χ4v) is 6.38. The molecule has 1 unspecified atom stereocenters. The Morgan fingerprint density at radius 1 is 1.21 bits per heavy atom. The minimum absolute atomic E-state index is 0.0632. The van der Waals surface area contributed by atoms with E-state index in [9.17, 15) is 14.7 Å². The lowest BCUT2D eigenvalue weighted by molar-refractivity contribution is -0.147. The molecule has 2 saturated heterocycles. The molecule has 0 saturated carbocycles. The number of hydrogen-bond donors (Lipinski definition) is 1. The smallest absolute Gasteiger partial charge is 0.308 e. The van der Waals surface area contributed by atoms with Crippen LogP contribution in [-0.2, 0) is 19.1 Å². The molecule has 4 heterocycles.